The summed E-state index contributed by atoms with van der Waals surface area (Å²) in [6.07, 6.45) is 0. The lowest BCUT2D eigenvalue weighted by Gasteiger charge is -2.21. The van der Waals surface area contributed by atoms with E-state index in [0.29, 0.717) is 16.8 Å². The van der Waals surface area contributed by atoms with Gasteiger partial charge in [-0.05, 0) is 42.5 Å². The maximum atomic E-state index is 13.2. The fourth-order valence-corrected chi connectivity index (χ4v) is 4.41. The molecule has 0 saturated carbocycles. The lowest BCUT2D eigenvalue weighted by molar-refractivity contribution is -0.115. The molecule has 0 radical (unpaired) electrons. The summed E-state index contributed by atoms with van der Waals surface area (Å²) in [5.41, 5.74) is 0.991. The van der Waals surface area contributed by atoms with Gasteiger partial charge in [-0.15, -0.1) is 0 Å². The number of anilines is 1. The zero-order valence-electron chi connectivity index (χ0n) is 15.3. The van der Waals surface area contributed by atoms with Gasteiger partial charge >= 0.3 is 5.69 Å². The van der Waals surface area contributed by atoms with Crippen LogP contribution in [0.25, 0.3) is 11.0 Å². The molecule has 1 aromatic heterocycles. The molecule has 1 heterocycles. The molecule has 0 fully saturated rings. The molecule has 27 heavy (non-hydrogen) atoms. The van der Waals surface area contributed by atoms with Crippen LogP contribution in [-0.4, -0.2) is 30.6 Å². The van der Waals surface area contributed by atoms with Crippen molar-refractivity contribution >= 4 is 32.7 Å². The van der Waals surface area contributed by atoms with Crippen molar-refractivity contribution in [3.63, 3.8) is 0 Å². The van der Waals surface area contributed by atoms with Gasteiger partial charge in [0.05, 0.1) is 28.7 Å². The van der Waals surface area contributed by atoms with Crippen molar-refractivity contribution in [1.29, 1.82) is 0 Å². The third-order valence-corrected chi connectivity index (χ3v) is 6.17. The number of sulfonamides is 1. The molecule has 0 bridgehead atoms. The Kier molecular flexibility index (Phi) is 4.56. The van der Waals surface area contributed by atoms with E-state index < -0.39 is 15.9 Å². The lowest BCUT2D eigenvalue weighted by Crippen LogP contribution is -2.35. The van der Waals surface area contributed by atoms with Crippen molar-refractivity contribution in [2.24, 2.45) is 14.1 Å². The van der Waals surface area contributed by atoms with Crippen LogP contribution < -0.4 is 14.7 Å². The molecule has 3 aromatic rings. The van der Waals surface area contributed by atoms with E-state index in [1.165, 1.54) is 47.4 Å². The molecule has 1 amide bonds. The van der Waals surface area contributed by atoms with E-state index in [1.54, 1.807) is 32.3 Å². The Labute approximate surface area is 156 Å². The van der Waals surface area contributed by atoms with Gasteiger partial charge in [0.25, 0.3) is 10.0 Å². The highest BCUT2D eigenvalue weighted by molar-refractivity contribution is 7.93. The zero-order valence-corrected chi connectivity index (χ0v) is 16.1. The smallest absolute Gasteiger partial charge is 0.328 e. The standard InChI is InChI=1S/C18H19N3O5S/c1-12(22)21(13-5-7-14(26-4)8-6-13)27(24,25)15-9-10-16-17(11-15)20(3)18(23)19(16)2/h5-11H,1-4H3. The largest absolute Gasteiger partial charge is 0.497 e. The number of hydrogen-bond donors (Lipinski definition) is 0. The minimum Gasteiger partial charge on any atom is -0.497 e. The number of hydrogen-bond acceptors (Lipinski definition) is 5. The number of fused-ring (bicyclic) bond motifs is 1. The normalized spacial score (nSPS) is 11.6. The SMILES string of the molecule is COc1ccc(N(C(C)=O)S(=O)(=O)c2ccc3c(c2)n(C)c(=O)n3C)cc1. The Morgan fingerprint density at radius 1 is 1.00 bits per heavy atom. The predicted molar refractivity (Wildman–Crippen MR) is 101 cm³/mol. The second kappa shape index (κ2) is 6.58. The average Bonchev–Trinajstić information content (AvgIpc) is 2.86. The van der Waals surface area contributed by atoms with Gasteiger partial charge in [-0.1, -0.05) is 0 Å². The first-order valence-electron chi connectivity index (χ1n) is 8.04. The van der Waals surface area contributed by atoms with E-state index in [-0.39, 0.29) is 16.3 Å². The predicted octanol–water partition coefficient (Wildman–Crippen LogP) is 1.63. The van der Waals surface area contributed by atoms with Crippen LogP contribution in [0.1, 0.15) is 6.92 Å². The molecular weight excluding hydrogens is 370 g/mol. The quantitative estimate of drug-likeness (QED) is 0.676. The van der Waals surface area contributed by atoms with E-state index in [4.69, 9.17) is 4.74 Å². The Morgan fingerprint density at radius 3 is 2.15 bits per heavy atom. The Hall–Kier alpha value is -3.07. The fourth-order valence-electron chi connectivity index (χ4n) is 2.96. The van der Waals surface area contributed by atoms with E-state index in [1.807, 2.05) is 0 Å². The average molecular weight is 389 g/mol. The number of rotatable bonds is 4. The maximum Gasteiger partial charge on any atom is 0.328 e. The Morgan fingerprint density at radius 2 is 1.59 bits per heavy atom. The van der Waals surface area contributed by atoms with Crippen LogP contribution >= 0.6 is 0 Å². The molecule has 0 aliphatic rings. The fraction of sp³-hybridized carbons (Fsp3) is 0.222. The molecule has 2 aromatic carbocycles. The number of imidazole rings is 1. The number of carbonyl (C=O) groups is 1. The zero-order chi connectivity index (χ0) is 19.9. The van der Waals surface area contributed by atoms with Gasteiger partial charge in [0.15, 0.2) is 0 Å². The summed E-state index contributed by atoms with van der Waals surface area (Å²) in [7, 11) is 0.499. The van der Waals surface area contributed by atoms with E-state index in [9.17, 15) is 18.0 Å². The first kappa shape index (κ1) is 18.7. The highest BCUT2D eigenvalue weighted by Crippen LogP contribution is 2.27. The summed E-state index contributed by atoms with van der Waals surface area (Å²) in [6.45, 7) is 1.18. The molecule has 3 rings (SSSR count). The summed E-state index contributed by atoms with van der Waals surface area (Å²) < 4.78 is 34.9. The van der Waals surface area contributed by atoms with Crippen molar-refractivity contribution in [3.05, 3.63) is 52.9 Å². The molecule has 9 heteroatoms. The third kappa shape index (κ3) is 2.99. The summed E-state index contributed by atoms with van der Waals surface area (Å²) in [6, 6.07) is 10.5. The molecule has 0 saturated heterocycles. The van der Waals surface area contributed by atoms with Crippen molar-refractivity contribution in [1.82, 2.24) is 9.13 Å². The van der Waals surface area contributed by atoms with Crippen LogP contribution in [0.2, 0.25) is 0 Å². The molecule has 0 aliphatic carbocycles. The summed E-state index contributed by atoms with van der Waals surface area (Å²) in [4.78, 5) is 24.2. The van der Waals surface area contributed by atoms with Gasteiger partial charge in [0.2, 0.25) is 5.91 Å². The Bertz CT molecular complexity index is 1190. The number of aromatic nitrogens is 2. The molecule has 0 aliphatic heterocycles. The molecule has 142 valence electrons. The Balaban J connectivity index is 2.17. The first-order valence-corrected chi connectivity index (χ1v) is 9.48. The number of amides is 1. The van der Waals surface area contributed by atoms with Gasteiger partial charge in [-0.25, -0.2) is 17.5 Å². The highest BCUT2D eigenvalue weighted by Gasteiger charge is 2.29. The third-order valence-electron chi connectivity index (χ3n) is 4.37. The second-order valence-corrected chi connectivity index (χ2v) is 7.82. The van der Waals surface area contributed by atoms with Crippen molar-refractivity contribution in [2.75, 3.05) is 11.4 Å². The molecule has 0 N–H and O–H groups in total. The van der Waals surface area contributed by atoms with Gasteiger partial charge < -0.3 is 4.74 Å². The van der Waals surface area contributed by atoms with Crippen molar-refractivity contribution in [2.45, 2.75) is 11.8 Å². The second-order valence-electron chi connectivity index (χ2n) is 6.04. The van der Waals surface area contributed by atoms with Crippen LogP contribution in [0.5, 0.6) is 5.75 Å². The summed E-state index contributed by atoms with van der Waals surface area (Å²) in [5, 5.41) is 0. The number of nitrogens with zero attached hydrogens (tertiary/aromatic N) is 3. The highest BCUT2D eigenvalue weighted by atomic mass is 32.2. The first-order chi connectivity index (χ1) is 12.7. The van der Waals surface area contributed by atoms with Gasteiger partial charge in [0, 0.05) is 21.0 Å². The molecule has 0 unspecified atom stereocenters. The molecular formula is C18H19N3O5S. The number of ether oxygens (including phenoxy) is 1. The van der Waals surface area contributed by atoms with Gasteiger partial charge in [0.1, 0.15) is 5.75 Å². The van der Waals surface area contributed by atoms with Crippen LogP contribution in [0.3, 0.4) is 0 Å². The minimum atomic E-state index is -4.17. The van der Waals surface area contributed by atoms with E-state index in [2.05, 4.69) is 0 Å². The van der Waals surface area contributed by atoms with E-state index in [0.717, 1.165) is 4.31 Å². The van der Waals surface area contributed by atoms with Gasteiger partial charge in [-0.2, -0.15) is 0 Å². The topological polar surface area (TPSA) is 90.6 Å². The minimum absolute atomic E-state index is 0.0813. The van der Waals surface area contributed by atoms with Crippen LogP contribution in [-0.2, 0) is 28.9 Å². The molecule has 0 atom stereocenters. The molecule has 0 spiro atoms. The van der Waals surface area contributed by atoms with Crippen LogP contribution in [0.4, 0.5) is 5.69 Å². The van der Waals surface area contributed by atoms with Crippen LogP contribution in [0, 0.1) is 0 Å². The lowest BCUT2D eigenvalue weighted by atomic mass is 10.3. The van der Waals surface area contributed by atoms with Crippen molar-refractivity contribution in [3.8, 4) is 5.75 Å². The van der Waals surface area contributed by atoms with Crippen LogP contribution in [0.15, 0.2) is 52.2 Å². The monoisotopic (exact) mass is 389 g/mol. The number of methoxy groups -OCH3 is 1. The van der Waals surface area contributed by atoms with E-state index >= 15 is 0 Å². The van der Waals surface area contributed by atoms with Gasteiger partial charge in [-0.3, -0.25) is 13.9 Å². The maximum absolute atomic E-state index is 13.2. The van der Waals surface area contributed by atoms with Crippen molar-refractivity contribution < 1.29 is 17.9 Å². The number of carbonyl (C=O) groups excluding carboxylic acids is 1. The summed E-state index contributed by atoms with van der Waals surface area (Å²) in [5.74, 6) is -0.109. The molecule has 8 nitrogen and oxygen atoms in total. The summed E-state index contributed by atoms with van der Waals surface area (Å²) >= 11 is 0. The number of aryl methyl sites for hydroxylation is 2. The number of benzene rings is 2.